The lowest BCUT2D eigenvalue weighted by Crippen LogP contribution is -2.34. The highest BCUT2D eigenvalue weighted by Gasteiger charge is 2.25. The van der Waals surface area contributed by atoms with Crippen LogP contribution in [0.25, 0.3) is 17.2 Å². The van der Waals surface area contributed by atoms with E-state index in [0.717, 1.165) is 38.0 Å². The quantitative estimate of drug-likeness (QED) is 0.420. The first-order chi connectivity index (χ1) is 15.0. The van der Waals surface area contributed by atoms with Gasteiger partial charge in [0, 0.05) is 25.2 Å². The normalized spacial score (nSPS) is 16.9. The highest BCUT2D eigenvalue weighted by molar-refractivity contribution is 6.32. The predicted octanol–water partition coefficient (Wildman–Crippen LogP) is 3.74. The van der Waals surface area contributed by atoms with E-state index in [0.29, 0.717) is 39.4 Å². The van der Waals surface area contributed by atoms with E-state index in [1.54, 1.807) is 18.4 Å². The smallest absolute Gasteiger partial charge is 0.225 e. The first-order valence-electron chi connectivity index (χ1n) is 9.92. The van der Waals surface area contributed by atoms with Crippen molar-refractivity contribution in [2.24, 2.45) is 0 Å². The largest absolute Gasteiger partial charge is 0.461 e. The van der Waals surface area contributed by atoms with E-state index in [4.69, 9.17) is 33.4 Å². The molecule has 1 fully saturated rings. The van der Waals surface area contributed by atoms with Gasteiger partial charge < -0.3 is 15.5 Å². The van der Waals surface area contributed by atoms with Crippen molar-refractivity contribution in [1.29, 1.82) is 0 Å². The van der Waals surface area contributed by atoms with Gasteiger partial charge in [0.2, 0.25) is 11.8 Å². The van der Waals surface area contributed by atoms with Crippen LogP contribution in [0.1, 0.15) is 18.4 Å². The Morgan fingerprint density at radius 1 is 1.16 bits per heavy atom. The summed E-state index contributed by atoms with van der Waals surface area (Å²) in [7, 11) is 0. The molecular weight excluding hydrogens is 439 g/mol. The molecule has 1 atom stereocenters. The number of pyridine rings is 1. The number of furan rings is 1. The number of likely N-dealkylation sites (tertiary alicyclic amines) is 1. The van der Waals surface area contributed by atoms with E-state index < -0.39 is 0 Å². The van der Waals surface area contributed by atoms with Crippen LogP contribution in [-0.4, -0.2) is 48.6 Å². The molecular formula is C20H20Cl2N8O. The van der Waals surface area contributed by atoms with E-state index in [1.165, 1.54) is 4.52 Å². The van der Waals surface area contributed by atoms with Crippen LogP contribution in [0.5, 0.6) is 0 Å². The molecule has 0 spiro atoms. The summed E-state index contributed by atoms with van der Waals surface area (Å²) in [6, 6.07) is 9.48. The SMILES string of the molecule is Nc1nc(NCC2CCCN2Cc2cc(Cl)nc(Cl)c2)cc2nc(-c3ccco3)nn12. The molecule has 1 unspecified atom stereocenters. The molecule has 4 aromatic rings. The Balaban J connectivity index is 1.29. The van der Waals surface area contributed by atoms with E-state index in [-0.39, 0.29) is 5.95 Å². The zero-order valence-corrected chi connectivity index (χ0v) is 18.0. The Morgan fingerprint density at radius 2 is 2.00 bits per heavy atom. The number of hydrogen-bond acceptors (Lipinski definition) is 8. The topological polar surface area (TPSA) is 110 Å². The van der Waals surface area contributed by atoms with Gasteiger partial charge in [0.15, 0.2) is 11.4 Å². The molecule has 31 heavy (non-hydrogen) atoms. The lowest BCUT2D eigenvalue weighted by Gasteiger charge is -2.25. The molecule has 3 N–H and O–H groups in total. The lowest BCUT2D eigenvalue weighted by molar-refractivity contribution is 0.254. The first kappa shape index (κ1) is 20.0. The van der Waals surface area contributed by atoms with Gasteiger partial charge in [-0.25, -0.2) is 9.97 Å². The summed E-state index contributed by atoms with van der Waals surface area (Å²) < 4.78 is 6.87. The second-order valence-electron chi connectivity index (χ2n) is 7.45. The average Bonchev–Trinajstić information content (AvgIpc) is 3.46. The van der Waals surface area contributed by atoms with Crippen molar-refractivity contribution in [3.63, 3.8) is 0 Å². The molecule has 4 aromatic heterocycles. The number of rotatable bonds is 6. The van der Waals surface area contributed by atoms with Crippen molar-refractivity contribution in [3.8, 4) is 11.6 Å². The van der Waals surface area contributed by atoms with Gasteiger partial charge in [0.05, 0.1) is 6.26 Å². The molecule has 1 aliphatic heterocycles. The Kier molecular flexibility index (Phi) is 5.39. The maximum Gasteiger partial charge on any atom is 0.225 e. The molecule has 0 aromatic carbocycles. The summed E-state index contributed by atoms with van der Waals surface area (Å²) in [5, 5.41) is 8.59. The van der Waals surface area contributed by atoms with Crippen LogP contribution >= 0.6 is 23.2 Å². The summed E-state index contributed by atoms with van der Waals surface area (Å²) in [6.45, 7) is 2.50. The molecule has 5 rings (SSSR count). The van der Waals surface area contributed by atoms with Gasteiger partial charge in [0.1, 0.15) is 16.1 Å². The molecule has 1 saturated heterocycles. The van der Waals surface area contributed by atoms with Crippen LogP contribution in [0.15, 0.2) is 41.0 Å². The van der Waals surface area contributed by atoms with Crippen molar-refractivity contribution in [2.45, 2.75) is 25.4 Å². The third kappa shape index (κ3) is 4.30. The number of nitrogens with two attached hydrogens (primary N) is 1. The van der Waals surface area contributed by atoms with Crippen molar-refractivity contribution >= 4 is 40.6 Å². The highest BCUT2D eigenvalue weighted by atomic mass is 35.5. The van der Waals surface area contributed by atoms with Gasteiger partial charge in [0.25, 0.3) is 0 Å². The third-order valence-electron chi connectivity index (χ3n) is 5.32. The van der Waals surface area contributed by atoms with Crippen molar-refractivity contribution in [3.05, 3.63) is 52.5 Å². The van der Waals surface area contributed by atoms with Gasteiger partial charge in [-0.3, -0.25) is 4.90 Å². The van der Waals surface area contributed by atoms with Crippen LogP contribution in [0.2, 0.25) is 10.3 Å². The fourth-order valence-corrected chi connectivity index (χ4v) is 4.41. The molecule has 0 aliphatic carbocycles. The molecule has 1 aliphatic rings. The molecule has 0 bridgehead atoms. The minimum absolute atomic E-state index is 0.259. The second kappa shape index (κ2) is 8.33. The van der Waals surface area contributed by atoms with Gasteiger partial charge in [-0.2, -0.15) is 9.50 Å². The van der Waals surface area contributed by atoms with Gasteiger partial charge >= 0.3 is 0 Å². The fourth-order valence-electron chi connectivity index (χ4n) is 3.91. The fraction of sp³-hybridized carbons (Fsp3) is 0.300. The number of fused-ring (bicyclic) bond motifs is 1. The number of halogens is 2. The van der Waals surface area contributed by atoms with Gasteiger partial charge in [-0.1, -0.05) is 23.2 Å². The predicted molar refractivity (Wildman–Crippen MR) is 119 cm³/mol. The van der Waals surface area contributed by atoms with Crippen LogP contribution < -0.4 is 11.1 Å². The molecule has 9 nitrogen and oxygen atoms in total. The number of nitrogens with one attached hydrogen (secondary N) is 1. The highest BCUT2D eigenvalue weighted by Crippen LogP contribution is 2.24. The van der Waals surface area contributed by atoms with E-state index in [1.807, 2.05) is 18.2 Å². The maximum absolute atomic E-state index is 6.10. The third-order valence-corrected chi connectivity index (χ3v) is 5.70. The molecule has 0 radical (unpaired) electrons. The summed E-state index contributed by atoms with van der Waals surface area (Å²) in [6.07, 6.45) is 3.80. The van der Waals surface area contributed by atoms with Crippen LogP contribution in [0.3, 0.4) is 0 Å². The second-order valence-corrected chi connectivity index (χ2v) is 8.23. The Bertz CT molecular complexity index is 1190. The number of nitrogen functional groups attached to an aromatic ring is 1. The Hall–Kier alpha value is -2.88. The summed E-state index contributed by atoms with van der Waals surface area (Å²) in [5.74, 6) is 1.96. The minimum Gasteiger partial charge on any atom is -0.461 e. The van der Waals surface area contributed by atoms with Crippen LogP contribution in [0.4, 0.5) is 11.8 Å². The van der Waals surface area contributed by atoms with Gasteiger partial charge in [-0.05, 0) is 49.2 Å². The summed E-state index contributed by atoms with van der Waals surface area (Å²) in [4.78, 5) is 15.3. The maximum atomic E-state index is 6.10. The van der Waals surface area contributed by atoms with E-state index >= 15 is 0 Å². The molecule has 5 heterocycles. The van der Waals surface area contributed by atoms with Crippen LogP contribution in [0, 0.1) is 0 Å². The Morgan fingerprint density at radius 3 is 2.77 bits per heavy atom. The van der Waals surface area contributed by atoms with Crippen molar-refractivity contribution < 1.29 is 4.42 Å². The standard InChI is InChI=1S/C20H20Cl2N8O/c21-15-7-12(8-16(22)25-15)11-29-5-1-3-13(29)10-24-17-9-18-27-19(14-4-2-6-31-14)28-30(18)20(23)26-17/h2,4,6-9,13,24H,1,3,5,10-11H2,(H2,23,26). The molecule has 11 heteroatoms. The number of hydrogen-bond donors (Lipinski definition) is 2. The summed E-state index contributed by atoms with van der Waals surface area (Å²) in [5.41, 5.74) is 7.76. The lowest BCUT2D eigenvalue weighted by atomic mass is 10.2. The van der Waals surface area contributed by atoms with E-state index in [9.17, 15) is 0 Å². The average molecular weight is 459 g/mol. The van der Waals surface area contributed by atoms with Crippen molar-refractivity contribution in [2.75, 3.05) is 24.1 Å². The summed E-state index contributed by atoms with van der Waals surface area (Å²) >= 11 is 12.1. The zero-order chi connectivity index (χ0) is 21.4. The van der Waals surface area contributed by atoms with Gasteiger partial charge in [-0.15, -0.1) is 5.10 Å². The van der Waals surface area contributed by atoms with Crippen LogP contribution in [-0.2, 0) is 6.54 Å². The number of aromatic nitrogens is 5. The number of anilines is 2. The molecule has 0 saturated carbocycles. The monoisotopic (exact) mass is 458 g/mol. The Labute approximate surface area is 188 Å². The minimum atomic E-state index is 0.259. The number of nitrogens with zero attached hydrogens (tertiary/aromatic N) is 6. The zero-order valence-electron chi connectivity index (χ0n) is 16.5. The molecule has 0 amide bonds. The molecule has 160 valence electrons. The van der Waals surface area contributed by atoms with Crippen molar-refractivity contribution in [1.82, 2.24) is 29.5 Å². The first-order valence-corrected chi connectivity index (χ1v) is 10.7. The van der Waals surface area contributed by atoms with E-state index in [2.05, 4.69) is 30.3 Å².